The van der Waals surface area contributed by atoms with Crippen LogP contribution in [0.15, 0.2) is 34.1 Å². The Morgan fingerprint density at radius 1 is 1.03 bits per heavy atom. The molecule has 0 aliphatic rings. The van der Waals surface area contributed by atoms with Crippen LogP contribution in [-0.2, 0) is 36.7 Å². The van der Waals surface area contributed by atoms with Gasteiger partial charge in [-0.05, 0) is 25.1 Å². The molecule has 0 saturated carbocycles. The Hall–Kier alpha value is -3.15. The van der Waals surface area contributed by atoms with Crippen molar-refractivity contribution in [3.8, 4) is 11.4 Å². The maximum Gasteiger partial charge on any atom is 0.417 e. The SMILES string of the molecule is CCn1c(=O)n(C)c2cc(S(=O)(=O)CC)c(-c3nc4cc(C(F)(F)F)cnc4n3C)cc21. The summed E-state index contributed by atoms with van der Waals surface area (Å²) in [5, 5.41) is 0. The van der Waals surface area contributed by atoms with Gasteiger partial charge in [0.2, 0.25) is 0 Å². The highest BCUT2D eigenvalue weighted by atomic mass is 32.2. The van der Waals surface area contributed by atoms with Gasteiger partial charge < -0.3 is 4.57 Å². The molecule has 32 heavy (non-hydrogen) atoms. The number of hydrogen-bond donors (Lipinski definition) is 0. The Morgan fingerprint density at radius 2 is 1.72 bits per heavy atom. The van der Waals surface area contributed by atoms with E-state index in [1.54, 1.807) is 27.1 Å². The van der Waals surface area contributed by atoms with Gasteiger partial charge in [-0.2, -0.15) is 13.2 Å². The first-order valence-corrected chi connectivity index (χ1v) is 11.4. The van der Waals surface area contributed by atoms with Crippen molar-refractivity contribution in [2.75, 3.05) is 5.75 Å². The molecule has 1 aromatic carbocycles. The first kappa shape index (κ1) is 22.1. The number of sulfone groups is 1. The summed E-state index contributed by atoms with van der Waals surface area (Å²) in [6, 6.07) is 3.85. The molecular weight excluding hydrogens is 447 g/mol. The number of nitrogens with zero attached hydrogens (tertiary/aromatic N) is 5. The number of alkyl halides is 3. The van der Waals surface area contributed by atoms with Crippen molar-refractivity contribution >= 4 is 32.0 Å². The van der Waals surface area contributed by atoms with E-state index in [1.807, 2.05) is 0 Å². The number of halogens is 3. The van der Waals surface area contributed by atoms with Gasteiger partial charge in [0.05, 0.1) is 27.2 Å². The van der Waals surface area contributed by atoms with E-state index in [1.165, 1.54) is 26.7 Å². The van der Waals surface area contributed by atoms with E-state index >= 15 is 0 Å². The van der Waals surface area contributed by atoms with Crippen molar-refractivity contribution in [1.29, 1.82) is 0 Å². The van der Waals surface area contributed by atoms with E-state index in [0.29, 0.717) is 23.8 Å². The van der Waals surface area contributed by atoms with Crippen LogP contribution >= 0.6 is 0 Å². The number of pyridine rings is 1. The Kier molecular flexibility index (Phi) is 4.96. The zero-order valence-corrected chi connectivity index (χ0v) is 18.5. The summed E-state index contributed by atoms with van der Waals surface area (Å²) in [6.07, 6.45) is -3.87. The summed E-state index contributed by atoms with van der Waals surface area (Å²) >= 11 is 0. The van der Waals surface area contributed by atoms with Gasteiger partial charge in [0.15, 0.2) is 15.5 Å². The lowest BCUT2D eigenvalue weighted by atomic mass is 10.1. The van der Waals surface area contributed by atoms with Crippen LogP contribution in [0.3, 0.4) is 0 Å². The highest BCUT2D eigenvalue weighted by Gasteiger charge is 2.32. The minimum atomic E-state index is -4.59. The Balaban J connectivity index is 2.11. The van der Waals surface area contributed by atoms with Gasteiger partial charge in [-0.15, -0.1) is 0 Å². The molecule has 0 unspecified atom stereocenters. The second kappa shape index (κ2) is 7.19. The van der Waals surface area contributed by atoms with Crippen molar-refractivity contribution in [3.05, 3.63) is 40.4 Å². The molecule has 3 aromatic heterocycles. The van der Waals surface area contributed by atoms with Crippen LogP contribution in [0.4, 0.5) is 13.2 Å². The molecule has 0 fully saturated rings. The summed E-state index contributed by atoms with van der Waals surface area (Å²) in [6.45, 7) is 3.63. The van der Waals surface area contributed by atoms with Crippen LogP contribution in [0.25, 0.3) is 33.6 Å². The van der Waals surface area contributed by atoms with Crippen molar-refractivity contribution in [2.24, 2.45) is 14.1 Å². The molecule has 0 aliphatic carbocycles. The maximum atomic E-state index is 13.1. The fourth-order valence-electron chi connectivity index (χ4n) is 3.79. The molecule has 0 amide bonds. The summed E-state index contributed by atoms with van der Waals surface area (Å²) in [5.74, 6) is -0.0614. The third kappa shape index (κ3) is 3.20. The Morgan fingerprint density at radius 3 is 2.31 bits per heavy atom. The van der Waals surface area contributed by atoms with E-state index in [2.05, 4.69) is 9.97 Å². The highest BCUT2D eigenvalue weighted by molar-refractivity contribution is 7.91. The number of fused-ring (bicyclic) bond motifs is 2. The second-order valence-electron chi connectivity index (χ2n) is 7.39. The van der Waals surface area contributed by atoms with Crippen LogP contribution < -0.4 is 5.69 Å². The summed E-state index contributed by atoms with van der Waals surface area (Å²) in [7, 11) is -0.656. The molecule has 8 nitrogen and oxygen atoms in total. The van der Waals surface area contributed by atoms with Crippen molar-refractivity contribution in [3.63, 3.8) is 0 Å². The number of rotatable bonds is 4. The average molecular weight is 467 g/mol. The van der Waals surface area contributed by atoms with Gasteiger partial charge in [0.1, 0.15) is 11.3 Å². The molecule has 12 heteroatoms. The Labute approximate surface area is 180 Å². The maximum absolute atomic E-state index is 13.1. The number of imidazole rings is 2. The largest absolute Gasteiger partial charge is 0.417 e. The van der Waals surface area contributed by atoms with Crippen molar-refractivity contribution in [2.45, 2.75) is 31.5 Å². The predicted molar refractivity (Wildman–Crippen MR) is 113 cm³/mol. The van der Waals surface area contributed by atoms with Crippen LogP contribution in [0, 0.1) is 0 Å². The third-order valence-corrected chi connectivity index (χ3v) is 7.32. The molecule has 4 rings (SSSR count). The lowest BCUT2D eigenvalue weighted by molar-refractivity contribution is -0.137. The summed E-state index contributed by atoms with van der Waals surface area (Å²) < 4.78 is 69.5. The fourth-order valence-corrected chi connectivity index (χ4v) is 4.88. The van der Waals surface area contributed by atoms with Crippen LogP contribution in [-0.4, -0.2) is 37.8 Å². The Bertz CT molecular complexity index is 1540. The van der Waals surface area contributed by atoms with E-state index in [9.17, 15) is 26.4 Å². The first-order valence-electron chi connectivity index (χ1n) is 9.76. The van der Waals surface area contributed by atoms with Gasteiger partial charge in [-0.25, -0.2) is 23.2 Å². The molecule has 4 aromatic rings. The molecule has 0 N–H and O–H groups in total. The smallest absolute Gasteiger partial charge is 0.312 e. The number of aryl methyl sites for hydroxylation is 3. The van der Waals surface area contributed by atoms with E-state index in [0.717, 1.165) is 6.07 Å². The monoisotopic (exact) mass is 467 g/mol. The minimum Gasteiger partial charge on any atom is -0.312 e. The summed E-state index contributed by atoms with van der Waals surface area (Å²) in [4.78, 5) is 20.7. The first-order chi connectivity index (χ1) is 14.9. The minimum absolute atomic E-state index is 0.0155. The standard InChI is InChI=1S/C20H20F3N5O3S/c1-5-28-15-8-12(16(32(30,31)6-2)9-14(15)26(3)19(28)29)17-25-13-7-11(20(21,22)23)10-24-18(13)27(17)4/h7-10H,5-6H2,1-4H3. The molecule has 0 spiro atoms. The second-order valence-corrected chi connectivity index (χ2v) is 9.63. The molecule has 0 atom stereocenters. The van der Waals surface area contributed by atoms with E-state index in [-0.39, 0.29) is 38.9 Å². The van der Waals surface area contributed by atoms with Crippen LogP contribution in [0.2, 0.25) is 0 Å². The quantitative estimate of drug-likeness (QED) is 0.460. The van der Waals surface area contributed by atoms with E-state index < -0.39 is 21.6 Å². The molecule has 0 bridgehead atoms. The van der Waals surface area contributed by atoms with Gasteiger partial charge in [0.25, 0.3) is 0 Å². The topological polar surface area (TPSA) is 91.8 Å². The highest BCUT2D eigenvalue weighted by Crippen LogP contribution is 2.35. The van der Waals surface area contributed by atoms with Crippen molar-refractivity contribution in [1.82, 2.24) is 23.7 Å². The molecule has 0 saturated heterocycles. The summed E-state index contributed by atoms with van der Waals surface area (Å²) in [5.41, 5.74) is 0.0357. The van der Waals surface area contributed by atoms with Crippen LogP contribution in [0.1, 0.15) is 19.4 Å². The lowest BCUT2D eigenvalue weighted by Crippen LogP contribution is -2.21. The normalized spacial score (nSPS) is 12.8. The van der Waals surface area contributed by atoms with Crippen LogP contribution in [0.5, 0.6) is 0 Å². The average Bonchev–Trinajstić information content (AvgIpc) is 3.19. The zero-order valence-electron chi connectivity index (χ0n) is 17.7. The molecule has 170 valence electrons. The zero-order chi connectivity index (χ0) is 23.6. The molecular formula is C20H20F3N5O3S. The van der Waals surface area contributed by atoms with Gasteiger partial charge in [-0.3, -0.25) is 9.13 Å². The predicted octanol–water partition coefficient (Wildman–Crippen LogP) is 3.12. The number of hydrogen-bond acceptors (Lipinski definition) is 5. The van der Waals surface area contributed by atoms with Gasteiger partial charge in [0, 0.05) is 32.4 Å². The van der Waals surface area contributed by atoms with Crippen molar-refractivity contribution < 1.29 is 21.6 Å². The fraction of sp³-hybridized carbons (Fsp3) is 0.350. The molecule has 3 heterocycles. The van der Waals surface area contributed by atoms with Gasteiger partial charge in [-0.1, -0.05) is 6.92 Å². The molecule has 0 aliphatic heterocycles. The number of aromatic nitrogens is 5. The molecule has 0 radical (unpaired) electrons. The van der Waals surface area contributed by atoms with E-state index in [4.69, 9.17) is 0 Å². The van der Waals surface area contributed by atoms with Gasteiger partial charge >= 0.3 is 11.9 Å². The third-order valence-electron chi connectivity index (χ3n) is 5.56. The lowest BCUT2D eigenvalue weighted by Gasteiger charge is -2.11. The number of benzene rings is 1.